The molecular formula is C16H16N2O4. The average Bonchev–Trinajstić information content (AvgIpc) is 2.54. The van der Waals surface area contributed by atoms with Crippen molar-refractivity contribution in [1.82, 2.24) is 5.48 Å². The summed E-state index contributed by atoms with van der Waals surface area (Å²) in [5.41, 5.74) is 3.38. The van der Waals surface area contributed by atoms with Crippen molar-refractivity contribution in [2.75, 3.05) is 12.4 Å². The Bertz CT molecular complexity index is 644. The van der Waals surface area contributed by atoms with E-state index in [0.29, 0.717) is 11.4 Å². The molecule has 2 aromatic carbocycles. The number of hydroxylamine groups is 1. The Kier molecular flexibility index (Phi) is 5.37. The van der Waals surface area contributed by atoms with Gasteiger partial charge in [-0.05, 0) is 17.7 Å². The minimum absolute atomic E-state index is 0.0836. The molecule has 0 saturated heterocycles. The van der Waals surface area contributed by atoms with Gasteiger partial charge in [0.25, 0.3) is 0 Å². The van der Waals surface area contributed by atoms with Crippen LogP contribution in [0, 0.1) is 0 Å². The third-order valence-corrected chi connectivity index (χ3v) is 2.78. The van der Waals surface area contributed by atoms with Gasteiger partial charge in [-0.15, -0.1) is 0 Å². The van der Waals surface area contributed by atoms with Gasteiger partial charge < -0.3 is 14.9 Å². The van der Waals surface area contributed by atoms with Crippen molar-refractivity contribution in [3.05, 3.63) is 60.2 Å². The molecule has 2 amide bonds. The predicted molar refractivity (Wildman–Crippen MR) is 81.4 cm³/mol. The molecule has 2 N–H and O–H groups in total. The molecule has 0 aromatic heterocycles. The average molecular weight is 300 g/mol. The smallest absolute Gasteiger partial charge is 0.352 e. The number of rotatable bonds is 4. The molecule has 0 saturated carbocycles. The Labute approximate surface area is 128 Å². The maximum Gasteiger partial charge on any atom is 0.352 e. The molecule has 114 valence electrons. The van der Waals surface area contributed by atoms with Crippen molar-refractivity contribution in [1.29, 1.82) is 0 Å². The highest BCUT2D eigenvalue weighted by atomic mass is 16.7. The second kappa shape index (κ2) is 7.68. The molecule has 0 spiro atoms. The van der Waals surface area contributed by atoms with Crippen LogP contribution in [0.3, 0.4) is 0 Å². The number of urea groups is 1. The largest absolute Gasteiger partial charge is 0.497 e. The molecule has 0 aliphatic rings. The number of carbonyl (C=O) groups excluding carboxylic acids is 2. The van der Waals surface area contributed by atoms with Gasteiger partial charge in [0.1, 0.15) is 5.75 Å². The normalized spacial score (nSPS) is 9.68. The lowest BCUT2D eigenvalue weighted by Crippen LogP contribution is -2.31. The van der Waals surface area contributed by atoms with Crippen LogP contribution in [0.5, 0.6) is 5.75 Å². The van der Waals surface area contributed by atoms with Crippen molar-refractivity contribution in [2.45, 2.75) is 6.42 Å². The lowest BCUT2D eigenvalue weighted by molar-refractivity contribution is -0.147. The van der Waals surface area contributed by atoms with Gasteiger partial charge in [0.05, 0.1) is 13.5 Å². The van der Waals surface area contributed by atoms with E-state index in [-0.39, 0.29) is 6.42 Å². The Morgan fingerprint density at radius 3 is 2.55 bits per heavy atom. The zero-order chi connectivity index (χ0) is 15.8. The van der Waals surface area contributed by atoms with Crippen molar-refractivity contribution < 1.29 is 19.2 Å². The lowest BCUT2D eigenvalue weighted by Gasteiger charge is -2.08. The fourth-order valence-corrected chi connectivity index (χ4v) is 1.76. The molecule has 0 atom stereocenters. The van der Waals surface area contributed by atoms with Crippen LogP contribution in [0.25, 0.3) is 0 Å². The monoisotopic (exact) mass is 300 g/mol. The third kappa shape index (κ3) is 4.82. The fourth-order valence-electron chi connectivity index (χ4n) is 1.76. The molecule has 0 fully saturated rings. The first-order valence-electron chi connectivity index (χ1n) is 6.62. The number of amides is 2. The van der Waals surface area contributed by atoms with Crippen molar-refractivity contribution in [3.63, 3.8) is 0 Å². The van der Waals surface area contributed by atoms with E-state index in [9.17, 15) is 9.59 Å². The van der Waals surface area contributed by atoms with Crippen LogP contribution in [0.15, 0.2) is 54.6 Å². The highest BCUT2D eigenvalue weighted by Crippen LogP contribution is 2.16. The highest BCUT2D eigenvalue weighted by Gasteiger charge is 2.08. The molecule has 0 aliphatic carbocycles. The minimum atomic E-state index is -0.644. The maximum atomic E-state index is 11.6. The first-order valence-corrected chi connectivity index (χ1v) is 6.62. The molecule has 0 aliphatic heterocycles. The number of hydrogen-bond donors (Lipinski definition) is 2. The molecule has 2 aromatic rings. The van der Waals surface area contributed by atoms with Gasteiger partial charge in [0.15, 0.2) is 0 Å². The van der Waals surface area contributed by atoms with Gasteiger partial charge in [-0.25, -0.2) is 9.59 Å². The van der Waals surface area contributed by atoms with Crippen LogP contribution in [-0.2, 0) is 16.1 Å². The summed E-state index contributed by atoms with van der Waals surface area (Å²) in [6.07, 6.45) is 0.0836. The second-order valence-electron chi connectivity index (χ2n) is 4.42. The van der Waals surface area contributed by atoms with Crippen molar-refractivity contribution in [3.8, 4) is 5.75 Å². The predicted octanol–water partition coefficient (Wildman–Crippen LogP) is 2.52. The number of anilines is 1. The Balaban J connectivity index is 1.78. The van der Waals surface area contributed by atoms with E-state index < -0.39 is 12.0 Å². The summed E-state index contributed by atoms with van der Waals surface area (Å²) in [5.74, 6) is 0.0610. The molecule has 0 bridgehead atoms. The van der Waals surface area contributed by atoms with Gasteiger partial charge in [-0.2, -0.15) is 5.48 Å². The Hall–Kier alpha value is -3.02. The summed E-state index contributed by atoms with van der Waals surface area (Å²) in [6, 6.07) is 15.3. The zero-order valence-electron chi connectivity index (χ0n) is 12.0. The quantitative estimate of drug-likeness (QED) is 0.851. The number of methoxy groups -OCH3 is 1. The van der Waals surface area contributed by atoms with Gasteiger partial charge >= 0.3 is 12.0 Å². The van der Waals surface area contributed by atoms with E-state index >= 15 is 0 Å². The van der Waals surface area contributed by atoms with Crippen LogP contribution in [-0.4, -0.2) is 19.1 Å². The van der Waals surface area contributed by atoms with Crippen LogP contribution in [0.2, 0.25) is 0 Å². The van der Waals surface area contributed by atoms with E-state index in [4.69, 9.17) is 9.57 Å². The van der Waals surface area contributed by atoms with Gasteiger partial charge in [0.2, 0.25) is 0 Å². The number of carbonyl (C=O) groups is 2. The summed E-state index contributed by atoms with van der Waals surface area (Å²) >= 11 is 0. The van der Waals surface area contributed by atoms with Crippen LogP contribution in [0.1, 0.15) is 5.56 Å². The van der Waals surface area contributed by atoms with E-state index in [1.807, 2.05) is 23.7 Å². The topological polar surface area (TPSA) is 76.7 Å². The molecule has 0 heterocycles. The highest BCUT2D eigenvalue weighted by molar-refractivity contribution is 5.89. The molecule has 2 rings (SSSR count). The number of benzene rings is 2. The van der Waals surface area contributed by atoms with Crippen molar-refractivity contribution in [2.24, 2.45) is 0 Å². The first-order chi connectivity index (χ1) is 10.7. The van der Waals surface area contributed by atoms with E-state index in [2.05, 4.69) is 5.32 Å². The lowest BCUT2D eigenvalue weighted by atomic mass is 10.2. The summed E-state index contributed by atoms with van der Waals surface area (Å²) in [4.78, 5) is 27.9. The fraction of sp³-hybridized carbons (Fsp3) is 0.125. The van der Waals surface area contributed by atoms with Gasteiger partial charge in [-0.3, -0.25) is 0 Å². The van der Waals surface area contributed by atoms with Gasteiger partial charge in [-0.1, -0.05) is 36.4 Å². The maximum absolute atomic E-state index is 11.6. The number of nitrogens with one attached hydrogen (secondary N) is 2. The molecule has 0 radical (unpaired) electrons. The standard InChI is InChI=1S/C16H16N2O4/c1-21-14-9-5-8-13(11-14)17-16(20)18-22-15(19)10-12-6-3-2-4-7-12/h2-9,11H,10H2,1H3,(H2,17,18,20). The summed E-state index contributed by atoms with van der Waals surface area (Å²) in [5, 5.41) is 2.53. The van der Waals surface area contributed by atoms with Crippen LogP contribution >= 0.6 is 0 Å². The van der Waals surface area contributed by atoms with E-state index in [1.54, 1.807) is 36.4 Å². The SMILES string of the molecule is COc1cccc(NC(=O)NOC(=O)Cc2ccccc2)c1. The van der Waals surface area contributed by atoms with E-state index in [0.717, 1.165) is 5.56 Å². The summed E-state index contributed by atoms with van der Waals surface area (Å²) < 4.78 is 5.04. The minimum Gasteiger partial charge on any atom is -0.497 e. The van der Waals surface area contributed by atoms with Crippen LogP contribution in [0.4, 0.5) is 10.5 Å². The Morgan fingerprint density at radius 2 is 1.82 bits per heavy atom. The third-order valence-electron chi connectivity index (χ3n) is 2.78. The Morgan fingerprint density at radius 1 is 1.05 bits per heavy atom. The summed E-state index contributed by atoms with van der Waals surface area (Å²) in [6.45, 7) is 0. The van der Waals surface area contributed by atoms with Gasteiger partial charge in [0, 0.05) is 11.8 Å². The van der Waals surface area contributed by atoms with E-state index in [1.165, 1.54) is 7.11 Å². The first kappa shape index (κ1) is 15.4. The van der Waals surface area contributed by atoms with Crippen LogP contribution < -0.4 is 15.5 Å². The molecule has 0 unspecified atom stereocenters. The molecule has 6 nitrogen and oxygen atoms in total. The second-order valence-corrected chi connectivity index (χ2v) is 4.42. The number of ether oxygens (including phenoxy) is 1. The summed E-state index contributed by atoms with van der Waals surface area (Å²) in [7, 11) is 1.53. The number of hydrogen-bond acceptors (Lipinski definition) is 4. The molecule has 22 heavy (non-hydrogen) atoms. The van der Waals surface area contributed by atoms with Crippen molar-refractivity contribution >= 4 is 17.7 Å². The molecular weight excluding hydrogens is 284 g/mol. The zero-order valence-corrected chi connectivity index (χ0v) is 12.0. The molecule has 6 heteroatoms.